The Bertz CT molecular complexity index is 1060. The molecule has 0 spiro atoms. The van der Waals surface area contributed by atoms with Gasteiger partial charge in [0.25, 0.3) is 5.91 Å². The van der Waals surface area contributed by atoms with Crippen molar-refractivity contribution in [3.8, 4) is 11.1 Å². The topological polar surface area (TPSA) is 63.6 Å². The zero-order chi connectivity index (χ0) is 21.0. The van der Waals surface area contributed by atoms with E-state index >= 15 is 0 Å². The van der Waals surface area contributed by atoms with E-state index < -0.39 is 22.7 Å². The van der Waals surface area contributed by atoms with Crippen molar-refractivity contribution >= 4 is 29.1 Å². The molecule has 5 nitrogen and oxygen atoms in total. The first kappa shape index (κ1) is 20.5. The SMILES string of the molecule is CO/N=C/c1cccc(-c2ccccc2NC(=O)c2sc(C)nc2C(F)(F)F)c1. The van der Waals surface area contributed by atoms with Gasteiger partial charge in [-0.05, 0) is 30.2 Å². The van der Waals surface area contributed by atoms with E-state index in [2.05, 4.69) is 20.3 Å². The number of rotatable bonds is 5. The number of oxime groups is 1. The van der Waals surface area contributed by atoms with Gasteiger partial charge in [0.15, 0.2) is 5.69 Å². The van der Waals surface area contributed by atoms with Crippen LogP contribution >= 0.6 is 11.3 Å². The van der Waals surface area contributed by atoms with Crippen LogP contribution in [-0.4, -0.2) is 24.2 Å². The Balaban J connectivity index is 1.95. The summed E-state index contributed by atoms with van der Waals surface area (Å²) in [6.45, 7) is 1.43. The number of anilines is 1. The summed E-state index contributed by atoms with van der Waals surface area (Å²) in [4.78, 5) is 20.3. The lowest BCUT2D eigenvalue weighted by Crippen LogP contribution is -2.17. The van der Waals surface area contributed by atoms with Gasteiger partial charge < -0.3 is 10.2 Å². The third-order valence-corrected chi connectivity index (χ3v) is 4.86. The van der Waals surface area contributed by atoms with Crippen LogP contribution in [0.1, 0.15) is 25.9 Å². The van der Waals surface area contributed by atoms with Gasteiger partial charge in [-0.3, -0.25) is 4.79 Å². The smallest absolute Gasteiger partial charge is 0.399 e. The van der Waals surface area contributed by atoms with Crippen LogP contribution in [0.5, 0.6) is 0 Å². The van der Waals surface area contributed by atoms with Gasteiger partial charge in [-0.25, -0.2) is 4.98 Å². The Labute approximate surface area is 168 Å². The number of aromatic nitrogens is 1. The third-order valence-electron chi connectivity index (χ3n) is 3.89. The van der Waals surface area contributed by atoms with E-state index in [1.165, 1.54) is 20.2 Å². The van der Waals surface area contributed by atoms with Gasteiger partial charge in [0.1, 0.15) is 12.0 Å². The standard InChI is InChI=1S/C20H16F3N3O2S/c1-12-25-18(20(21,22)23)17(29-12)19(27)26-16-9-4-3-8-15(16)14-7-5-6-13(10-14)11-24-28-2/h3-11H,1-2H3,(H,26,27)/b24-11+. The second kappa shape index (κ2) is 8.44. The van der Waals surface area contributed by atoms with Crippen LogP contribution < -0.4 is 5.32 Å². The molecule has 3 aromatic rings. The maximum atomic E-state index is 13.2. The molecular weight excluding hydrogens is 403 g/mol. The molecule has 1 amide bonds. The third kappa shape index (κ3) is 4.80. The van der Waals surface area contributed by atoms with Crippen LogP contribution in [0.15, 0.2) is 53.7 Å². The number of para-hydroxylation sites is 1. The molecule has 0 saturated carbocycles. The average molecular weight is 419 g/mol. The van der Waals surface area contributed by atoms with E-state index in [-0.39, 0.29) is 5.01 Å². The Kier molecular flexibility index (Phi) is 5.97. The molecule has 0 saturated heterocycles. The fourth-order valence-electron chi connectivity index (χ4n) is 2.70. The molecule has 1 N–H and O–H groups in total. The molecule has 1 heterocycles. The number of thiazole rings is 1. The van der Waals surface area contributed by atoms with Gasteiger partial charge in [0.2, 0.25) is 0 Å². The van der Waals surface area contributed by atoms with E-state index in [0.717, 1.165) is 11.1 Å². The van der Waals surface area contributed by atoms with Crippen LogP contribution in [0.3, 0.4) is 0 Å². The number of hydrogen-bond acceptors (Lipinski definition) is 5. The number of carbonyl (C=O) groups is 1. The number of aryl methyl sites for hydroxylation is 1. The molecule has 0 aliphatic heterocycles. The monoisotopic (exact) mass is 419 g/mol. The minimum absolute atomic E-state index is 0.167. The predicted molar refractivity (Wildman–Crippen MR) is 106 cm³/mol. The Morgan fingerprint density at radius 3 is 2.69 bits per heavy atom. The zero-order valence-corrected chi connectivity index (χ0v) is 16.3. The number of nitrogens with zero attached hydrogens (tertiary/aromatic N) is 2. The molecule has 1 aromatic heterocycles. The van der Waals surface area contributed by atoms with E-state index in [1.807, 2.05) is 18.2 Å². The summed E-state index contributed by atoms with van der Waals surface area (Å²) in [5, 5.41) is 6.47. The first-order valence-electron chi connectivity index (χ1n) is 8.41. The number of hydrogen-bond donors (Lipinski definition) is 1. The molecule has 0 atom stereocenters. The van der Waals surface area contributed by atoms with Gasteiger partial charge in [0.05, 0.1) is 11.2 Å². The molecular formula is C20H16F3N3O2S. The summed E-state index contributed by atoms with van der Waals surface area (Å²) in [5.41, 5.74) is 1.40. The molecule has 0 unspecified atom stereocenters. The van der Waals surface area contributed by atoms with E-state index in [0.29, 0.717) is 22.6 Å². The summed E-state index contributed by atoms with van der Waals surface area (Å²) in [7, 11) is 1.43. The largest absolute Gasteiger partial charge is 0.435 e. The molecule has 150 valence electrons. The van der Waals surface area contributed by atoms with Crippen LogP contribution in [0.4, 0.5) is 18.9 Å². The van der Waals surface area contributed by atoms with Crippen molar-refractivity contribution in [1.82, 2.24) is 4.98 Å². The average Bonchev–Trinajstić information content (AvgIpc) is 3.09. The second-order valence-corrected chi connectivity index (χ2v) is 7.15. The van der Waals surface area contributed by atoms with Crippen LogP contribution in [0, 0.1) is 6.92 Å². The van der Waals surface area contributed by atoms with Crippen molar-refractivity contribution in [2.75, 3.05) is 12.4 Å². The minimum atomic E-state index is -4.70. The highest BCUT2D eigenvalue weighted by atomic mass is 32.1. The lowest BCUT2D eigenvalue weighted by Gasteiger charge is -2.12. The number of benzene rings is 2. The molecule has 0 bridgehead atoms. The second-order valence-electron chi connectivity index (χ2n) is 5.95. The van der Waals surface area contributed by atoms with Crippen LogP contribution in [-0.2, 0) is 11.0 Å². The van der Waals surface area contributed by atoms with Crippen molar-refractivity contribution in [1.29, 1.82) is 0 Å². The first-order valence-corrected chi connectivity index (χ1v) is 9.23. The molecule has 0 radical (unpaired) electrons. The van der Waals surface area contributed by atoms with Crippen molar-refractivity contribution in [3.63, 3.8) is 0 Å². The zero-order valence-electron chi connectivity index (χ0n) is 15.4. The van der Waals surface area contributed by atoms with Gasteiger partial charge >= 0.3 is 6.18 Å². The van der Waals surface area contributed by atoms with Crippen molar-refractivity contribution in [2.24, 2.45) is 5.16 Å². The maximum Gasteiger partial charge on any atom is 0.435 e. The van der Waals surface area contributed by atoms with Crippen molar-refractivity contribution in [2.45, 2.75) is 13.1 Å². The number of nitrogens with one attached hydrogen (secondary N) is 1. The lowest BCUT2D eigenvalue weighted by atomic mass is 10.0. The molecule has 29 heavy (non-hydrogen) atoms. The fraction of sp³-hybridized carbons (Fsp3) is 0.150. The minimum Gasteiger partial charge on any atom is -0.399 e. The normalized spacial score (nSPS) is 11.6. The van der Waals surface area contributed by atoms with Gasteiger partial charge in [0, 0.05) is 11.3 Å². The highest BCUT2D eigenvalue weighted by molar-refractivity contribution is 7.13. The summed E-state index contributed by atoms with van der Waals surface area (Å²) >= 11 is 0.707. The van der Waals surface area contributed by atoms with Crippen molar-refractivity contribution in [3.05, 3.63) is 69.7 Å². The van der Waals surface area contributed by atoms with Gasteiger partial charge in [-0.1, -0.05) is 41.6 Å². The number of alkyl halides is 3. The predicted octanol–water partition coefficient (Wildman–Crippen LogP) is 5.37. The molecule has 0 aliphatic rings. The van der Waals surface area contributed by atoms with Crippen molar-refractivity contribution < 1.29 is 22.8 Å². The quantitative estimate of drug-likeness (QED) is 0.447. The van der Waals surface area contributed by atoms with E-state index in [9.17, 15) is 18.0 Å². The van der Waals surface area contributed by atoms with E-state index in [4.69, 9.17) is 0 Å². The number of carbonyl (C=O) groups excluding carboxylic acids is 1. The highest BCUT2D eigenvalue weighted by Crippen LogP contribution is 2.35. The van der Waals surface area contributed by atoms with Gasteiger partial charge in [-0.15, -0.1) is 11.3 Å². The summed E-state index contributed by atoms with van der Waals surface area (Å²) in [6.07, 6.45) is -3.17. The van der Waals surface area contributed by atoms with Crippen LogP contribution in [0.2, 0.25) is 0 Å². The Morgan fingerprint density at radius 2 is 1.97 bits per heavy atom. The number of halogens is 3. The fourth-order valence-corrected chi connectivity index (χ4v) is 3.53. The van der Waals surface area contributed by atoms with Gasteiger partial charge in [-0.2, -0.15) is 13.2 Å². The number of amides is 1. The van der Waals surface area contributed by atoms with E-state index in [1.54, 1.807) is 30.3 Å². The molecule has 3 rings (SSSR count). The maximum absolute atomic E-state index is 13.2. The summed E-state index contributed by atoms with van der Waals surface area (Å²) < 4.78 is 39.6. The van der Waals surface area contributed by atoms with Crippen LogP contribution in [0.25, 0.3) is 11.1 Å². The Hall–Kier alpha value is -3.20. The summed E-state index contributed by atoms with van der Waals surface area (Å²) in [5.74, 6) is -0.854. The summed E-state index contributed by atoms with van der Waals surface area (Å²) in [6, 6.07) is 14.1. The highest BCUT2D eigenvalue weighted by Gasteiger charge is 2.39. The molecule has 2 aromatic carbocycles. The first-order chi connectivity index (χ1) is 13.8. The Morgan fingerprint density at radius 1 is 1.21 bits per heavy atom. The lowest BCUT2D eigenvalue weighted by molar-refractivity contribution is -0.141. The molecule has 9 heteroatoms. The molecule has 0 fully saturated rings. The molecule has 0 aliphatic carbocycles.